The van der Waals surface area contributed by atoms with Crippen LogP contribution >= 0.6 is 11.8 Å². The molecule has 9 heteroatoms. The first kappa shape index (κ1) is 23.0. The Labute approximate surface area is 200 Å². The van der Waals surface area contributed by atoms with Crippen molar-refractivity contribution in [2.24, 2.45) is 0 Å². The second-order valence-electron chi connectivity index (χ2n) is 7.22. The van der Waals surface area contributed by atoms with Crippen molar-refractivity contribution >= 4 is 23.4 Å². The second kappa shape index (κ2) is 10.6. The zero-order valence-corrected chi connectivity index (χ0v) is 19.0. The summed E-state index contributed by atoms with van der Waals surface area (Å²) < 4.78 is 21.0. The van der Waals surface area contributed by atoms with Crippen molar-refractivity contribution in [2.75, 3.05) is 11.1 Å². The highest BCUT2D eigenvalue weighted by Crippen LogP contribution is 2.28. The van der Waals surface area contributed by atoms with Crippen molar-refractivity contribution in [3.8, 4) is 17.5 Å². The maximum absolute atomic E-state index is 13.2. The van der Waals surface area contributed by atoms with Crippen LogP contribution in [0.5, 0.6) is 5.75 Å². The monoisotopic (exact) mass is 473 g/mol. The predicted molar refractivity (Wildman–Crippen MR) is 127 cm³/mol. The fourth-order valence-electron chi connectivity index (χ4n) is 3.23. The number of carbonyl (C=O) groups is 1. The molecule has 0 aliphatic heterocycles. The molecule has 3 aromatic carbocycles. The maximum Gasteiger partial charge on any atom is 0.234 e. The zero-order valence-electron chi connectivity index (χ0n) is 18.2. The summed E-state index contributed by atoms with van der Waals surface area (Å²) in [4.78, 5) is 12.6. The summed E-state index contributed by atoms with van der Waals surface area (Å²) in [5.74, 6) is 0.488. The molecule has 0 saturated heterocycles. The number of hydrogen-bond donors (Lipinski definition) is 1. The second-order valence-corrected chi connectivity index (χ2v) is 8.16. The zero-order chi connectivity index (χ0) is 23.9. The van der Waals surface area contributed by atoms with Gasteiger partial charge < -0.3 is 10.1 Å². The number of benzene rings is 3. The molecule has 0 fully saturated rings. The number of para-hydroxylation sites is 2. The molecule has 4 aromatic rings. The number of rotatable bonds is 8. The molecule has 4 rings (SSSR count). The third-order valence-corrected chi connectivity index (χ3v) is 5.75. The number of anilines is 1. The molecule has 34 heavy (non-hydrogen) atoms. The number of aromatic nitrogens is 3. The Morgan fingerprint density at radius 3 is 2.53 bits per heavy atom. The maximum atomic E-state index is 13.2. The van der Waals surface area contributed by atoms with Crippen molar-refractivity contribution in [2.45, 2.75) is 18.2 Å². The number of thioether (sulfide) groups is 1. The Bertz CT molecular complexity index is 1320. The first-order valence-electron chi connectivity index (χ1n) is 10.4. The van der Waals surface area contributed by atoms with Crippen LogP contribution in [-0.2, 0) is 4.79 Å². The molecule has 0 spiro atoms. The quantitative estimate of drug-likeness (QED) is 0.356. The molecule has 0 saturated carbocycles. The van der Waals surface area contributed by atoms with Crippen LogP contribution < -0.4 is 10.1 Å². The van der Waals surface area contributed by atoms with Gasteiger partial charge in [-0.2, -0.15) is 5.26 Å². The number of nitrogens with zero attached hydrogens (tertiary/aromatic N) is 4. The minimum Gasteiger partial charge on any atom is -0.483 e. The van der Waals surface area contributed by atoms with Crippen LogP contribution in [0.15, 0.2) is 84.0 Å². The normalized spacial score (nSPS) is 11.4. The summed E-state index contributed by atoms with van der Waals surface area (Å²) in [5, 5.41) is 21.1. The Morgan fingerprint density at radius 2 is 1.79 bits per heavy atom. The van der Waals surface area contributed by atoms with E-state index in [2.05, 4.69) is 21.6 Å². The van der Waals surface area contributed by atoms with Gasteiger partial charge in [-0.15, -0.1) is 10.2 Å². The standard InChI is InChI=1S/C25H20FN5O2S/c1-17(33-21-13-11-19(26)12-14-21)24-29-30-25(31(24)20-8-3-2-4-9-20)34-16-23(32)28-22-10-6-5-7-18(22)15-27/h2-14,17H,16H2,1H3,(H,28,32). The van der Waals surface area contributed by atoms with Crippen molar-refractivity contribution in [1.29, 1.82) is 5.26 Å². The Balaban J connectivity index is 1.54. The summed E-state index contributed by atoms with van der Waals surface area (Å²) in [5.41, 5.74) is 1.67. The molecule has 1 N–H and O–H groups in total. The van der Waals surface area contributed by atoms with Gasteiger partial charge in [-0.25, -0.2) is 4.39 Å². The topological polar surface area (TPSA) is 92.8 Å². The highest BCUT2D eigenvalue weighted by atomic mass is 32.2. The van der Waals surface area contributed by atoms with E-state index in [0.717, 1.165) is 5.69 Å². The Hall–Kier alpha value is -4.16. The summed E-state index contributed by atoms with van der Waals surface area (Å²) in [6, 6.07) is 24.1. The van der Waals surface area contributed by atoms with Gasteiger partial charge in [0.2, 0.25) is 5.91 Å². The van der Waals surface area contributed by atoms with E-state index >= 15 is 0 Å². The highest BCUT2D eigenvalue weighted by molar-refractivity contribution is 7.99. The van der Waals surface area contributed by atoms with Crippen LogP contribution in [0.4, 0.5) is 10.1 Å². The molecular weight excluding hydrogens is 453 g/mol. The van der Waals surface area contributed by atoms with Crippen molar-refractivity contribution < 1.29 is 13.9 Å². The minimum atomic E-state index is -0.496. The van der Waals surface area contributed by atoms with E-state index in [-0.39, 0.29) is 17.5 Å². The molecular formula is C25H20FN5O2S. The van der Waals surface area contributed by atoms with E-state index < -0.39 is 6.10 Å². The van der Waals surface area contributed by atoms with Crippen LogP contribution in [0.1, 0.15) is 24.4 Å². The van der Waals surface area contributed by atoms with Gasteiger partial charge in [0, 0.05) is 5.69 Å². The summed E-state index contributed by atoms with van der Waals surface area (Å²) in [6.07, 6.45) is -0.496. The van der Waals surface area contributed by atoms with Gasteiger partial charge in [-0.3, -0.25) is 9.36 Å². The Morgan fingerprint density at radius 1 is 1.09 bits per heavy atom. The molecule has 0 bridgehead atoms. The number of hydrogen-bond acceptors (Lipinski definition) is 6. The van der Waals surface area contributed by atoms with Crippen molar-refractivity contribution in [3.05, 3.63) is 96.1 Å². The lowest BCUT2D eigenvalue weighted by Crippen LogP contribution is -2.16. The highest BCUT2D eigenvalue weighted by Gasteiger charge is 2.22. The first-order chi connectivity index (χ1) is 16.5. The molecule has 0 aliphatic carbocycles. The van der Waals surface area contributed by atoms with E-state index in [9.17, 15) is 14.4 Å². The van der Waals surface area contributed by atoms with Crippen molar-refractivity contribution in [1.82, 2.24) is 14.8 Å². The molecule has 1 unspecified atom stereocenters. The van der Waals surface area contributed by atoms with Gasteiger partial charge in [-0.05, 0) is 55.5 Å². The lowest BCUT2D eigenvalue weighted by atomic mass is 10.2. The number of ether oxygens (including phenoxy) is 1. The molecule has 1 amide bonds. The SMILES string of the molecule is CC(Oc1ccc(F)cc1)c1nnc(SCC(=O)Nc2ccccc2C#N)n1-c1ccccc1. The summed E-state index contributed by atoms with van der Waals surface area (Å²) in [7, 11) is 0. The Kier molecular flexibility index (Phi) is 7.20. The third kappa shape index (κ3) is 5.42. The summed E-state index contributed by atoms with van der Waals surface area (Å²) in [6.45, 7) is 1.83. The summed E-state index contributed by atoms with van der Waals surface area (Å²) >= 11 is 1.22. The molecule has 0 radical (unpaired) electrons. The molecule has 1 aromatic heterocycles. The number of nitrogens with one attached hydrogen (secondary N) is 1. The van der Waals surface area contributed by atoms with E-state index in [1.165, 1.54) is 23.9 Å². The van der Waals surface area contributed by atoms with Crippen molar-refractivity contribution in [3.63, 3.8) is 0 Å². The van der Waals surface area contributed by atoms with Gasteiger partial charge in [0.25, 0.3) is 0 Å². The number of nitriles is 1. The van der Waals surface area contributed by atoms with Gasteiger partial charge in [0.1, 0.15) is 17.6 Å². The first-order valence-corrected chi connectivity index (χ1v) is 11.4. The van der Waals surface area contributed by atoms with Gasteiger partial charge in [-0.1, -0.05) is 42.1 Å². The van der Waals surface area contributed by atoms with E-state index in [1.54, 1.807) is 36.4 Å². The number of carbonyl (C=O) groups excluding carboxylic acids is 1. The molecule has 170 valence electrons. The van der Waals surface area contributed by atoms with E-state index in [4.69, 9.17) is 4.74 Å². The van der Waals surface area contributed by atoms with Gasteiger partial charge in [0.15, 0.2) is 17.1 Å². The van der Waals surface area contributed by atoms with Gasteiger partial charge in [0.05, 0.1) is 17.0 Å². The minimum absolute atomic E-state index is 0.0674. The largest absolute Gasteiger partial charge is 0.483 e. The van der Waals surface area contributed by atoms with Crippen LogP contribution in [0.3, 0.4) is 0 Å². The van der Waals surface area contributed by atoms with Crippen LogP contribution in [0.2, 0.25) is 0 Å². The average Bonchev–Trinajstić information content (AvgIpc) is 3.29. The number of amides is 1. The predicted octanol–water partition coefficient (Wildman–Crippen LogP) is 5.15. The van der Waals surface area contributed by atoms with E-state index in [1.807, 2.05) is 41.8 Å². The fourth-order valence-corrected chi connectivity index (χ4v) is 3.99. The number of halogens is 1. The van der Waals surface area contributed by atoms with Crippen LogP contribution in [0, 0.1) is 17.1 Å². The van der Waals surface area contributed by atoms with Gasteiger partial charge >= 0.3 is 0 Å². The molecule has 1 atom stereocenters. The van der Waals surface area contributed by atoms with Crippen LogP contribution in [0.25, 0.3) is 5.69 Å². The third-order valence-electron chi connectivity index (χ3n) is 4.82. The fraction of sp³-hybridized carbons (Fsp3) is 0.120. The lowest BCUT2D eigenvalue weighted by Gasteiger charge is -2.16. The molecule has 1 heterocycles. The van der Waals surface area contributed by atoms with E-state index in [0.29, 0.717) is 28.0 Å². The lowest BCUT2D eigenvalue weighted by molar-refractivity contribution is -0.113. The van der Waals surface area contributed by atoms with Crippen LogP contribution in [-0.4, -0.2) is 26.4 Å². The smallest absolute Gasteiger partial charge is 0.234 e. The average molecular weight is 474 g/mol. The molecule has 0 aliphatic rings. The molecule has 7 nitrogen and oxygen atoms in total.